The predicted octanol–water partition coefficient (Wildman–Crippen LogP) is 6.58. The van der Waals surface area contributed by atoms with Gasteiger partial charge in [0.05, 0.1) is 34.3 Å². The van der Waals surface area contributed by atoms with Crippen molar-refractivity contribution in [3.05, 3.63) is 102 Å². The van der Waals surface area contributed by atoms with E-state index in [0.29, 0.717) is 48.5 Å². The maximum absolute atomic E-state index is 14.1. The van der Waals surface area contributed by atoms with E-state index in [2.05, 4.69) is 6.07 Å². The van der Waals surface area contributed by atoms with E-state index in [1.165, 1.54) is 22.5 Å². The van der Waals surface area contributed by atoms with Gasteiger partial charge in [-0.25, -0.2) is 18.0 Å². The number of carboxylic acid groups (broad SMARTS) is 1. The normalized spacial score (nSPS) is 14.0. The number of aromatic carboxylic acids is 1. The summed E-state index contributed by atoms with van der Waals surface area (Å²) in [7, 11) is -4.21. The molecule has 238 valence electrons. The van der Waals surface area contributed by atoms with Crippen LogP contribution in [-0.4, -0.2) is 55.3 Å². The first kappa shape index (κ1) is 32.3. The number of benzene rings is 4. The lowest BCUT2D eigenvalue weighted by atomic mass is 10.0. The number of likely N-dealkylation sites (tertiary alicyclic amines) is 1. The molecule has 1 aliphatic rings. The molecule has 1 heterocycles. The van der Waals surface area contributed by atoms with E-state index >= 15 is 0 Å². The Labute approximate surface area is 268 Å². The lowest BCUT2D eigenvalue weighted by molar-refractivity contribution is 0.0126. The molecule has 4 aromatic carbocycles. The Bertz CT molecular complexity index is 1900. The Morgan fingerprint density at radius 3 is 2.30 bits per heavy atom. The molecule has 0 atom stereocenters. The predicted molar refractivity (Wildman–Crippen MR) is 173 cm³/mol. The third kappa shape index (κ3) is 7.58. The van der Waals surface area contributed by atoms with Crippen molar-refractivity contribution in [3.8, 4) is 11.8 Å². The van der Waals surface area contributed by atoms with Crippen LogP contribution in [-0.2, 0) is 21.3 Å². The Kier molecular flexibility index (Phi) is 9.21. The number of carbonyl (C=O) groups is 2. The zero-order valence-electron chi connectivity index (χ0n) is 25.8. The van der Waals surface area contributed by atoms with Gasteiger partial charge in [-0.3, -0.25) is 4.31 Å². The zero-order chi connectivity index (χ0) is 33.1. The second-order valence-electron chi connectivity index (χ2n) is 12.1. The Balaban J connectivity index is 1.39. The number of hydrogen-bond acceptors (Lipinski definition) is 7. The number of carbonyl (C=O) groups excluding carboxylic acids is 1. The smallest absolute Gasteiger partial charge is 0.410 e. The van der Waals surface area contributed by atoms with E-state index in [1.54, 1.807) is 41.3 Å². The quantitative estimate of drug-likeness (QED) is 0.228. The Hall–Kier alpha value is -5.08. The molecule has 1 saturated heterocycles. The number of carboxylic acids is 1. The molecule has 1 aliphatic heterocycles. The molecule has 0 spiro atoms. The third-order valence-corrected chi connectivity index (χ3v) is 9.32. The van der Waals surface area contributed by atoms with Gasteiger partial charge >= 0.3 is 12.1 Å². The first-order valence-corrected chi connectivity index (χ1v) is 16.3. The van der Waals surface area contributed by atoms with E-state index < -0.39 is 21.6 Å². The molecule has 1 N–H and O–H groups in total. The van der Waals surface area contributed by atoms with Gasteiger partial charge < -0.3 is 19.5 Å². The highest BCUT2D eigenvalue weighted by Crippen LogP contribution is 2.30. The number of nitriles is 1. The minimum Gasteiger partial charge on any atom is -0.490 e. The second-order valence-corrected chi connectivity index (χ2v) is 14.0. The SMILES string of the molecule is CC(C)(C)OC(=O)N1CCC(Oc2ccc(N(Cc3ccc4ccc(C#N)cc4c3)S(=O)(=O)c3cccc(C(=O)O)c3)cc2)CC1. The topological polar surface area (TPSA) is 137 Å². The van der Waals surface area contributed by atoms with Crippen molar-refractivity contribution in [3.63, 3.8) is 0 Å². The van der Waals surface area contributed by atoms with Gasteiger partial charge in [0.1, 0.15) is 17.5 Å². The average molecular weight is 642 g/mol. The molecule has 0 saturated carbocycles. The number of sulfonamides is 1. The van der Waals surface area contributed by atoms with Crippen LogP contribution < -0.4 is 9.04 Å². The fourth-order valence-corrected chi connectivity index (χ4v) is 6.73. The highest BCUT2D eigenvalue weighted by atomic mass is 32.2. The van der Waals surface area contributed by atoms with Gasteiger partial charge in [0.25, 0.3) is 10.0 Å². The minimum absolute atomic E-state index is 0.0459. The maximum Gasteiger partial charge on any atom is 0.410 e. The van der Waals surface area contributed by atoms with Crippen molar-refractivity contribution in [1.29, 1.82) is 5.26 Å². The monoisotopic (exact) mass is 641 g/mol. The van der Waals surface area contributed by atoms with Crippen LogP contribution in [0, 0.1) is 11.3 Å². The van der Waals surface area contributed by atoms with Gasteiger partial charge in [0.15, 0.2) is 0 Å². The van der Waals surface area contributed by atoms with E-state index in [-0.39, 0.29) is 29.2 Å². The molecule has 0 bridgehead atoms. The first-order chi connectivity index (χ1) is 21.8. The molecule has 0 aliphatic carbocycles. The maximum atomic E-state index is 14.1. The van der Waals surface area contributed by atoms with Gasteiger partial charge in [0, 0.05) is 25.9 Å². The number of fused-ring (bicyclic) bond motifs is 1. The van der Waals surface area contributed by atoms with Crippen LogP contribution in [0.3, 0.4) is 0 Å². The average Bonchev–Trinajstić information content (AvgIpc) is 3.03. The van der Waals surface area contributed by atoms with Crippen molar-refractivity contribution in [1.82, 2.24) is 4.90 Å². The molecule has 1 fully saturated rings. The summed E-state index contributed by atoms with van der Waals surface area (Å²) < 4.78 is 41.0. The molecule has 4 aromatic rings. The molecular weight excluding hydrogens is 606 g/mol. The second kappa shape index (κ2) is 13.1. The summed E-state index contributed by atoms with van der Waals surface area (Å²) in [5.41, 5.74) is 0.821. The fraction of sp³-hybridized carbons (Fsp3) is 0.286. The van der Waals surface area contributed by atoms with Gasteiger partial charge in [-0.05, 0) is 97.8 Å². The van der Waals surface area contributed by atoms with Gasteiger partial charge in [-0.2, -0.15) is 5.26 Å². The van der Waals surface area contributed by atoms with E-state index in [0.717, 1.165) is 16.8 Å². The number of nitrogens with zero attached hydrogens (tertiary/aromatic N) is 3. The number of hydrogen-bond donors (Lipinski definition) is 1. The lowest BCUT2D eigenvalue weighted by Crippen LogP contribution is -2.44. The molecule has 11 heteroatoms. The fourth-order valence-electron chi connectivity index (χ4n) is 5.23. The van der Waals surface area contributed by atoms with E-state index in [4.69, 9.17) is 9.47 Å². The molecule has 0 aromatic heterocycles. The summed E-state index contributed by atoms with van der Waals surface area (Å²) in [6.07, 6.45) is 0.773. The van der Waals surface area contributed by atoms with Gasteiger partial charge in [0.2, 0.25) is 0 Å². The molecule has 10 nitrogen and oxygen atoms in total. The van der Waals surface area contributed by atoms with Crippen LogP contribution in [0.15, 0.2) is 89.8 Å². The van der Waals surface area contributed by atoms with Crippen LogP contribution in [0.25, 0.3) is 10.8 Å². The summed E-state index contributed by atoms with van der Waals surface area (Å²) in [6.45, 7) is 6.45. The highest BCUT2D eigenvalue weighted by Gasteiger charge is 2.29. The van der Waals surface area contributed by atoms with Crippen molar-refractivity contribution in [2.75, 3.05) is 17.4 Å². The molecular formula is C35H35N3O7S. The summed E-state index contributed by atoms with van der Waals surface area (Å²) in [5, 5.41) is 20.5. The highest BCUT2D eigenvalue weighted by molar-refractivity contribution is 7.92. The summed E-state index contributed by atoms with van der Waals surface area (Å²) in [6, 6.07) is 24.9. The van der Waals surface area contributed by atoms with Gasteiger partial charge in [-0.1, -0.05) is 24.3 Å². The standard InChI is InChI=1S/C35H35N3O7S/c1-35(2,3)45-34(41)37-17-15-31(16-18-37)44-30-13-11-29(12-14-30)38(46(42,43)32-6-4-5-27(21-32)33(39)40)23-25-8-10-26-9-7-24(22-36)19-28(26)20-25/h4-14,19-21,31H,15-18,23H2,1-3H3,(H,39,40). The number of anilines is 1. The molecule has 5 rings (SSSR count). The van der Waals surface area contributed by atoms with E-state index in [1.807, 2.05) is 45.0 Å². The summed E-state index contributed by atoms with van der Waals surface area (Å²) in [5.74, 6) is -0.677. The Morgan fingerprint density at radius 1 is 0.957 bits per heavy atom. The van der Waals surface area contributed by atoms with Crippen LogP contribution in [0.2, 0.25) is 0 Å². The Morgan fingerprint density at radius 2 is 1.65 bits per heavy atom. The van der Waals surface area contributed by atoms with Gasteiger partial charge in [-0.15, -0.1) is 0 Å². The van der Waals surface area contributed by atoms with Crippen LogP contribution in [0.4, 0.5) is 10.5 Å². The number of piperidine rings is 1. The zero-order valence-corrected chi connectivity index (χ0v) is 26.7. The number of ether oxygens (including phenoxy) is 2. The van der Waals surface area contributed by atoms with Crippen LogP contribution in [0.1, 0.15) is 55.1 Å². The summed E-state index contributed by atoms with van der Waals surface area (Å²) >= 11 is 0. The van der Waals surface area contributed by atoms with Crippen LogP contribution in [0.5, 0.6) is 5.75 Å². The van der Waals surface area contributed by atoms with Crippen molar-refractivity contribution < 1.29 is 32.6 Å². The van der Waals surface area contributed by atoms with E-state index in [9.17, 15) is 28.4 Å². The van der Waals surface area contributed by atoms with Crippen molar-refractivity contribution in [2.24, 2.45) is 0 Å². The third-order valence-electron chi connectivity index (χ3n) is 7.55. The number of rotatable bonds is 8. The van der Waals surface area contributed by atoms with Crippen molar-refractivity contribution in [2.45, 2.75) is 56.8 Å². The molecule has 0 radical (unpaired) electrons. The molecule has 0 unspecified atom stereocenters. The largest absolute Gasteiger partial charge is 0.490 e. The van der Waals surface area contributed by atoms with Crippen LogP contribution >= 0.6 is 0 Å². The lowest BCUT2D eigenvalue weighted by Gasteiger charge is -2.33. The van der Waals surface area contributed by atoms with Crippen molar-refractivity contribution >= 4 is 38.5 Å². The minimum atomic E-state index is -4.21. The molecule has 1 amide bonds. The summed E-state index contributed by atoms with van der Waals surface area (Å²) in [4.78, 5) is 25.5. The first-order valence-electron chi connectivity index (χ1n) is 14.9. The molecule has 46 heavy (non-hydrogen) atoms. The number of amides is 1.